The number of alkyl halides is 9. The fraction of sp³-hybridized carbons (Fsp3) is 0.459. The number of hydrogen-bond acceptors (Lipinski definition) is 33. The van der Waals surface area contributed by atoms with E-state index >= 15 is 0 Å². The van der Waals surface area contributed by atoms with Crippen molar-refractivity contribution in [2.24, 2.45) is 0 Å². The van der Waals surface area contributed by atoms with Gasteiger partial charge in [-0.1, -0.05) is 91.5 Å². The molecule has 123 heavy (non-hydrogen) atoms. The zero-order valence-electron chi connectivity index (χ0n) is 78.7. The normalized spacial score (nSPS) is 24.0. The van der Waals surface area contributed by atoms with Crippen molar-refractivity contribution in [3.05, 3.63) is 137 Å². The average molecular weight is 2010 g/mol. The molecule has 17 rings (SSSR count). The van der Waals surface area contributed by atoms with Gasteiger partial charge in [0.2, 0.25) is 41.6 Å². The lowest BCUT2D eigenvalue weighted by atomic mass is 9.90. The Hall–Kier alpha value is -8.90. The van der Waals surface area contributed by atoms with Crippen molar-refractivity contribution in [3.63, 3.8) is 0 Å². The summed E-state index contributed by atoms with van der Waals surface area (Å²) in [6.07, 6.45) is -4.41. The number of cyclic esters (lactones) is 3. The highest BCUT2D eigenvalue weighted by Gasteiger charge is 2.50. The van der Waals surface area contributed by atoms with Crippen LogP contribution in [0.4, 0.5) is 94.3 Å². The van der Waals surface area contributed by atoms with Crippen molar-refractivity contribution in [3.8, 4) is 0 Å². The van der Waals surface area contributed by atoms with Crippen LogP contribution in [0.3, 0.4) is 0 Å². The molecule has 2 saturated carbocycles. The third kappa shape index (κ3) is 20.2. The van der Waals surface area contributed by atoms with Crippen LogP contribution in [0.25, 0.3) is 0 Å². The molecule has 30 nitrogen and oxygen atoms in total. The number of anilines is 10. The Kier molecular flexibility index (Phi) is 21.4. The second kappa shape index (κ2) is 35.9. The Morgan fingerprint density at radius 1 is 0.390 bits per heavy atom. The van der Waals surface area contributed by atoms with Gasteiger partial charge in [-0.05, 0) is 139 Å². The predicted octanol–water partition coefficient (Wildman–Crippen LogP) is 18.4. The number of nitrogens with zero attached hydrogens (tertiary/aromatic N) is 15. The fourth-order valence-electron chi connectivity index (χ4n) is 11.9. The van der Waals surface area contributed by atoms with E-state index in [1.807, 2.05) is 13.8 Å². The molecule has 2 aliphatic carbocycles. The van der Waals surface area contributed by atoms with Crippen molar-refractivity contribution in [1.82, 2.24) is 85.4 Å². The Balaban J connectivity index is 0.000000146. The number of carbonyl (C=O) groups excluding carboxylic acids is 5. The summed E-state index contributed by atoms with van der Waals surface area (Å²) in [7, 11) is 0. The van der Waals surface area contributed by atoms with Gasteiger partial charge < -0.3 is 51.4 Å². The molecule has 7 fully saturated rings. The van der Waals surface area contributed by atoms with Crippen LogP contribution in [0.2, 0.25) is 15.5 Å². The summed E-state index contributed by atoms with van der Waals surface area (Å²) in [5.41, 5.74) is -9.66. The van der Waals surface area contributed by atoms with Gasteiger partial charge in [0.05, 0.1) is 96.1 Å². The van der Waals surface area contributed by atoms with E-state index in [4.69, 9.17) is 69.6 Å². The molecular formula is C74H72Br2Cl3F9N22O8S5. The summed E-state index contributed by atoms with van der Waals surface area (Å²) in [6.45, 7) is -5.37. The number of aromatic nitrogens is 15. The number of amides is 2. The van der Waals surface area contributed by atoms with E-state index in [0.717, 1.165) is 101 Å². The number of nitrogens with one attached hydrogen (secondary N) is 7. The fourth-order valence-corrected chi connectivity index (χ4v) is 18.4. The lowest BCUT2D eigenvalue weighted by Gasteiger charge is -2.16. The van der Waals surface area contributed by atoms with E-state index in [1.54, 1.807) is 12.4 Å². The van der Waals surface area contributed by atoms with Crippen molar-refractivity contribution < 1.29 is 98.3 Å². The molecule has 0 spiro atoms. The molecule has 2 amide bonds. The van der Waals surface area contributed by atoms with Gasteiger partial charge in [0.25, 0.3) is 0 Å². The Bertz CT molecular complexity index is 5880. The first kappa shape index (κ1) is 73.3. The van der Waals surface area contributed by atoms with Gasteiger partial charge in [-0.25, -0.2) is 74.8 Å². The lowest BCUT2D eigenvalue weighted by Crippen LogP contribution is -2.32. The monoisotopic (exact) mass is 2010 g/mol. The maximum Gasteiger partial charge on any atom is 0.419 e. The number of thiazole rings is 5. The lowest BCUT2D eigenvalue weighted by molar-refractivity contribution is -0.143. The Morgan fingerprint density at radius 3 is 0.878 bits per heavy atom. The van der Waals surface area contributed by atoms with Crippen LogP contribution in [0, 0.1) is 34.6 Å². The molecule has 7 aliphatic rings. The molecule has 0 unspecified atom stereocenters. The maximum atomic E-state index is 12.8. The Morgan fingerprint density at radius 2 is 0.650 bits per heavy atom. The highest BCUT2D eigenvalue weighted by Crippen LogP contribution is 2.52. The molecule has 10 aromatic rings. The third-order valence-electron chi connectivity index (χ3n) is 19.2. The van der Waals surface area contributed by atoms with Gasteiger partial charge in [-0.15, -0.1) is 0 Å². The van der Waals surface area contributed by atoms with Gasteiger partial charge in [0.15, 0.2) is 15.5 Å². The van der Waals surface area contributed by atoms with Crippen LogP contribution in [0.15, 0.2) is 39.9 Å². The van der Waals surface area contributed by atoms with Crippen LogP contribution < -0.4 is 37.2 Å². The second-order valence-corrected chi connectivity index (χ2v) is 35.9. The number of aryl methyl sites for hydroxylation is 5. The van der Waals surface area contributed by atoms with Crippen LogP contribution in [-0.2, 0) is 83.8 Å². The van der Waals surface area contributed by atoms with E-state index in [1.165, 1.54) is 43.4 Å². The largest absolute Gasteiger partial charge is 0.465 e. The topological polar surface area (TPSA) is 391 Å². The number of halogens is 14. The first-order valence-electron chi connectivity index (χ1n) is 43.7. The molecule has 0 aromatic carbocycles. The highest BCUT2D eigenvalue weighted by atomic mass is 79.9. The summed E-state index contributed by atoms with van der Waals surface area (Å²) < 4.78 is 249. The zero-order chi connectivity index (χ0) is 102. The molecule has 49 heteroatoms. The summed E-state index contributed by atoms with van der Waals surface area (Å²) in [5, 5.41) is 21.3. The third-order valence-corrected chi connectivity index (χ3v) is 27.6. The van der Waals surface area contributed by atoms with Gasteiger partial charge in [0.1, 0.15) is 66.3 Å². The zero-order valence-corrected chi connectivity index (χ0v) is 73.3. The van der Waals surface area contributed by atoms with Gasteiger partial charge in [-0.3, -0.25) is 24.0 Å². The first-order chi connectivity index (χ1) is 64.0. The summed E-state index contributed by atoms with van der Waals surface area (Å²) in [5.74, 6) is -2.85. The molecule has 15 heterocycles. The number of carbonyl (C=O) groups is 5. The Labute approximate surface area is 767 Å². The number of hydrogen-bond donors (Lipinski definition) is 7. The molecule has 0 radical (unpaired) electrons. The van der Waals surface area contributed by atoms with E-state index in [2.05, 4.69) is 144 Å². The minimum absolute atomic E-state index is 0.0710. The van der Waals surface area contributed by atoms with Gasteiger partial charge >= 0.3 is 36.4 Å². The molecule has 5 saturated heterocycles. The van der Waals surface area contributed by atoms with Crippen LogP contribution in [-0.4, -0.2) is 137 Å². The molecule has 7 N–H and O–H groups in total. The SMILES string of the molecule is [2H]C([2H])([2H])[C@@]1(c2nc(C3CC3)c(Nc3ncc(Br)c(C)n3)s2)CCNC1=O.[2H]C([2H])([2H])[C@@]1(c2nc(Cl)c(Nc3ncc(C(F)(F)F)c(C)n3)s2)CCOC1=O.[2H]C([2H])([2H])[C@]1(c2nc(C3CC3)c(Nc3ncc(Br)c(C)n3)s2)CCNC1=O.[2H]C([2H])([2H])[C@]1(c2nc(Cl)c(Nc3ncc(C(F)(F)F)c(C)n3)s2)CCOC1=O.[2H]C([2H])([2H])[C@]1(c2nc(Cl)c(Nc3ncc(C(F)(F)F)c(C)n3)s2)CCOC1=O. The minimum Gasteiger partial charge on any atom is -0.465 e. The van der Waals surface area contributed by atoms with Crippen LogP contribution >= 0.6 is 123 Å². The number of ether oxygens (including phenoxy) is 3. The summed E-state index contributed by atoms with van der Waals surface area (Å²) in [4.78, 5) is 122. The first-order valence-corrected chi connectivity index (χ1v) is 43.0. The molecule has 654 valence electrons. The smallest absolute Gasteiger partial charge is 0.419 e. The van der Waals surface area contributed by atoms with Crippen molar-refractivity contribution in [1.29, 1.82) is 0 Å². The maximum absolute atomic E-state index is 12.8. The van der Waals surface area contributed by atoms with Crippen molar-refractivity contribution in [2.75, 3.05) is 59.5 Å². The summed E-state index contributed by atoms with van der Waals surface area (Å²) in [6, 6.07) is 0. The molecule has 0 bridgehead atoms. The van der Waals surface area contributed by atoms with Crippen LogP contribution in [0.1, 0.15) is 206 Å². The molecule has 5 atom stereocenters. The number of rotatable bonds is 17. The summed E-state index contributed by atoms with van der Waals surface area (Å²) >= 11 is 29.7. The minimum atomic E-state index is -4.59. The van der Waals surface area contributed by atoms with E-state index in [9.17, 15) is 63.5 Å². The van der Waals surface area contributed by atoms with Crippen LogP contribution in [0.5, 0.6) is 0 Å². The van der Waals surface area contributed by atoms with E-state index < -0.39 is 126 Å². The predicted molar refractivity (Wildman–Crippen MR) is 449 cm³/mol. The molecule has 5 aliphatic heterocycles. The van der Waals surface area contributed by atoms with Crippen molar-refractivity contribution in [2.45, 2.75) is 184 Å². The average Bonchev–Trinajstić information content (AvgIpc) is 1.58. The standard InChI is InChI=1S/2C16H18BrN5OS.3C14H12ClF3N4O2S/c2*1-8-10(17)7-19-15(20-8)22-12-11(9-3-4-9)21-14(24-12)16(2)5-6-18-13(16)23;3*1-6-7(14(16,17)18)5-19-12(20-6)22-9-8(15)21-10(25-9)13(2)3-4-24-11(13)23/h2*7,9H,3-6H2,1-2H3,(H,18,23)(H,19,20,22);3*5H,3-4H2,1-2H3,(H,19,20,22)/t2*16-;3*13-/m10110/s1/i5*2D3. The molecule has 10 aromatic heterocycles. The second-order valence-electron chi connectivity index (χ2n) is 28.1. The van der Waals surface area contributed by atoms with Gasteiger partial charge in [-0.2, -0.15) is 39.5 Å². The highest BCUT2D eigenvalue weighted by molar-refractivity contribution is 9.10. The van der Waals surface area contributed by atoms with Crippen molar-refractivity contribution >= 4 is 208 Å². The number of esters is 3. The quantitative estimate of drug-likeness (QED) is 0.0253. The van der Waals surface area contributed by atoms with Gasteiger partial charge in [0, 0.05) is 95.7 Å². The van der Waals surface area contributed by atoms with E-state index in [-0.39, 0.29) is 144 Å². The van der Waals surface area contributed by atoms with E-state index in [0.29, 0.717) is 53.6 Å². The molecular weight excluding hydrogens is 1920 g/mol.